The van der Waals surface area contributed by atoms with E-state index in [0.29, 0.717) is 18.8 Å². The van der Waals surface area contributed by atoms with Gasteiger partial charge in [0, 0.05) is 17.1 Å². The number of carbonyl (C=O) groups is 1. The highest BCUT2D eigenvalue weighted by Gasteiger charge is 2.10. The zero-order chi connectivity index (χ0) is 12.0. The molecular weight excluding hydrogens is 270 g/mol. The maximum atomic E-state index is 11.6. The summed E-state index contributed by atoms with van der Waals surface area (Å²) in [5.74, 6) is 0.780. The van der Waals surface area contributed by atoms with Crippen molar-refractivity contribution < 1.29 is 4.79 Å². The molecule has 4 nitrogen and oxygen atoms in total. The van der Waals surface area contributed by atoms with Crippen molar-refractivity contribution in [2.75, 3.05) is 11.9 Å². The number of anilines is 1. The van der Waals surface area contributed by atoms with Gasteiger partial charge in [-0.25, -0.2) is 4.98 Å². The Morgan fingerprint density at radius 3 is 2.88 bits per heavy atom. The number of halogens is 1. The molecule has 0 radical (unpaired) electrons. The van der Waals surface area contributed by atoms with Gasteiger partial charge >= 0.3 is 0 Å². The van der Waals surface area contributed by atoms with E-state index in [2.05, 4.69) is 26.2 Å². The normalized spacial score (nSPS) is 12.2. The molecule has 0 aliphatic carbocycles. The molecule has 1 amide bonds. The molecule has 3 N–H and O–H groups in total. The van der Waals surface area contributed by atoms with Crippen molar-refractivity contribution in [2.45, 2.75) is 19.8 Å². The lowest BCUT2D eigenvalue weighted by atomic mass is 10.0. The number of hydrogen-bond donors (Lipinski definition) is 2. The lowest BCUT2D eigenvalue weighted by Gasteiger charge is -2.11. The molecule has 16 heavy (non-hydrogen) atoms. The van der Waals surface area contributed by atoms with E-state index in [0.717, 1.165) is 10.9 Å². The van der Waals surface area contributed by atoms with Crippen LogP contribution in [0.1, 0.15) is 19.8 Å². The van der Waals surface area contributed by atoms with Crippen LogP contribution in [-0.2, 0) is 4.79 Å². The van der Waals surface area contributed by atoms with Gasteiger partial charge in [0.1, 0.15) is 5.82 Å². The smallest absolute Gasteiger partial charge is 0.225 e. The van der Waals surface area contributed by atoms with E-state index < -0.39 is 0 Å². The first-order chi connectivity index (χ1) is 7.65. The summed E-state index contributed by atoms with van der Waals surface area (Å²) >= 11 is 3.28. The quantitative estimate of drug-likeness (QED) is 0.871. The molecule has 0 aliphatic heterocycles. The average Bonchev–Trinajstić information content (AvgIpc) is 2.29. The largest absolute Gasteiger partial charge is 0.330 e. The van der Waals surface area contributed by atoms with Crippen LogP contribution in [-0.4, -0.2) is 17.4 Å². The van der Waals surface area contributed by atoms with Crippen LogP contribution in [0.2, 0.25) is 0 Å². The van der Waals surface area contributed by atoms with E-state index in [4.69, 9.17) is 5.73 Å². The Labute approximate surface area is 104 Å². The molecular formula is C11H16BrN3O. The predicted octanol–water partition coefficient (Wildman–Crippen LogP) is 2.16. The van der Waals surface area contributed by atoms with Gasteiger partial charge in [0.15, 0.2) is 0 Å². The number of nitrogens with one attached hydrogen (secondary N) is 1. The fraction of sp³-hybridized carbons (Fsp3) is 0.455. The summed E-state index contributed by atoms with van der Waals surface area (Å²) in [7, 11) is 0. The number of carbonyl (C=O) groups excluding carboxylic acids is 1. The Kier molecular flexibility index (Phi) is 5.42. The van der Waals surface area contributed by atoms with Crippen molar-refractivity contribution in [3.63, 3.8) is 0 Å². The summed E-state index contributed by atoms with van der Waals surface area (Å²) in [6.07, 6.45) is 3.01. The Bertz CT molecular complexity index is 336. The second-order valence-corrected chi connectivity index (χ2v) is 4.54. The van der Waals surface area contributed by atoms with Gasteiger partial charge in [-0.3, -0.25) is 4.79 Å². The molecule has 1 atom stereocenters. The molecule has 1 heterocycles. The highest BCUT2D eigenvalue weighted by Crippen LogP contribution is 2.12. The Morgan fingerprint density at radius 1 is 1.62 bits per heavy atom. The minimum Gasteiger partial charge on any atom is -0.330 e. The van der Waals surface area contributed by atoms with Crippen molar-refractivity contribution in [1.29, 1.82) is 0 Å². The molecule has 88 valence electrons. The van der Waals surface area contributed by atoms with Gasteiger partial charge in [-0.15, -0.1) is 0 Å². The third-order valence-electron chi connectivity index (χ3n) is 2.38. The van der Waals surface area contributed by atoms with E-state index in [1.54, 1.807) is 12.3 Å². The van der Waals surface area contributed by atoms with E-state index in [9.17, 15) is 4.79 Å². The Morgan fingerprint density at radius 2 is 2.38 bits per heavy atom. The van der Waals surface area contributed by atoms with Gasteiger partial charge < -0.3 is 11.1 Å². The van der Waals surface area contributed by atoms with Crippen LogP contribution >= 0.6 is 15.9 Å². The molecule has 0 spiro atoms. The number of nitrogens with zero attached hydrogens (tertiary/aromatic N) is 1. The molecule has 1 aromatic rings. The molecule has 0 aliphatic rings. The number of pyridine rings is 1. The molecule has 0 aromatic carbocycles. The van der Waals surface area contributed by atoms with Gasteiger partial charge in [-0.2, -0.15) is 0 Å². The van der Waals surface area contributed by atoms with Gasteiger partial charge in [0.05, 0.1) is 0 Å². The molecule has 0 fully saturated rings. The van der Waals surface area contributed by atoms with E-state index >= 15 is 0 Å². The average molecular weight is 286 g/mol. The summed E-state index contributed by atoms with van der Waals surface area (Å²) in [4.78, 5) is 15.7. The number of amides is 1. The predicted molar refractivity (Wildman–Crippen MR) is 68.0 cm³/mol. The van der Waals surface area contributed by atoms with E-state index in [-0.39, 0.29) is 11.8 Å². The first kappa shape index (κ1) is 13.1. The standard InChI is InChI=1S/C11H16BrN3O/c1-2-8(6-13)5-11(16)15-10-4-3-9(12)7-14-10/h3-4,7-8H,2,5-6,13H2,1H3,(H,14,15,16). The van der Waals surface area contributed by atoms with Gasteiger partial charge in [0.25, 0.3) is 0 Å². The van der Waals surface area contributed by atoms with Crippen molar-refractivity contribution >= 4 is 27.7 Å². The summed E-state index contributed by atoms with van der Waals surface area (Å²) in [5, 5.41) is 2.74. The SMILES string of the molecule is CCC(CN)CC(=O)Nc1ccc(Br)cn1. The van der Waals surface area contributed by atoms with Crippen molar-refractivity contribution in [3.05, 3.63) is 22.8 Å². The lowest BCUT2D eigenvalue weighted by Crippen LogP contribution is -2.22. The van der Waals surface area contributed by atoms with Gasteiger partial charge in [-0.1, -0.05) is 13.3 Å². The highest BCUT2D eigenvalue weighted by atomic mass is 79.9. The summed E-state index contributed by atoms with van der Waals surface area (Å²) in [6.45, 7) is 2.57. The van der Waals surface area contributed by atoms with Gasteiger partial charge in [-0.05, 0) is 40.5 Å². The van der Waals surface area contributed by atoms with E-state index in [1.807, 2.05) is 13.0 Å². The first-order valence-corrected chi connectivity index (χ1v) is 6.06. The fourth-order valence-electron chi connectivity index (χ4n) is 1.30. The minimum atomic E-state index is -0.0351. The van der Waals surface area contributed by atoms with E-state index in [1.165, 1.54) is 0 Å². The maximum Gasteiger partial charge on any atom is 0.225 e. The van der Waals surface area contributed by atoms with Crippen molar-refractivity contribution in [1.82, 2.24) is 4.98 Å². The molecule has 0 saturated heterocycles. The van der Waals surface area contributed by atoms with Crippen molar-refractivity contribution in [2.24, 2.45) is 11.7 Å². The maximum absolute atomic E-state index is 11.6. The Hall–Kier alpha value is -0.940. The lowest BCUT2D eigenvalue weighted by molar-refractivity contribution is -0.117. The molecule has 1 aromatic heterocycles. The molecule has 0 saturated carbocycles. The number of hydrogen-bond acceptors (Lipinski definition) is 3. The van der Waals surface area contributed by atoms with Crippen LogP contribution in [0.5, 0.6) is 0 Å². The van der Waals surface area contributed by atoms with Crippen LogP contribution in [0, 0.1) is 5.92 Å². The van der Waals surface area contributed by atoms with Crippen LogP contribution in [0.15, 0.2) is 22.8 Å². The van der Waals surface area contributed by atoms with Gasteiger partial charge in [0.2, 0.25) is 5.91 Å². The van der Waals surface area contributed by atoms with Crippen LogP contribution in [0.25, 0.3) is 0 Å². The summed E-state index contributed by atoms with van der Waals surface area (Å²) in [6, 6.07) is 3.59. The number of nitrogens with two attached hydrogens (primary N) is 1. The first-order valence-electron chi connectivity index (χ1n) is 5.27. The van der Waals surface area contributed by atoms with Crippen LogP contribution in [0.3, 0.4) is 0 Å². The third kappa shape index (κ3) is 4.28. The third-order valence-corrected chi connectivity index (χ3v) is 2.85. The van der Waals surface area contributed by atoms with Crippen molar-refractivity contribution in [3.8, 4) is 0 Å². The zero-order valence-corrected chi connectivity index (χ0v) is 10.8. The fourth-order valence-corrected chi connectivity index (χ4v) is 1.53. The minimum absolute atomic E-state index is 0.0351. The number of rotatable bonds is 5. The second kappa shape index (κ2) is 6.60. The Balaban J connectivity index is 2.48. The van der Waals surface area contributed by atoms with Crippen LogP contribution in [0.4, 0.5) is 5.82 Å². The monoisotopic (exact) mass is 285 g/mol. The van der Waals surface area contributed by atoms with Crippen LogP contribution < -0.4 is 11.1 Å². The molecule has 5 heteroatoms. The molecule has 1 rings (SSSR count). The highest BCUT2D eigenvalue weighted by molar-refractivity contribution is 9.10. The molecule has 0 bridgehead atoms. The second-order valence-electron chi connectivity index (χ2n) is 3.62. The topological polar surface area (TPSA) is 68.0 Å². The summed E-state index contributed by atoms with van der Waals surface area (Å²) in [5.41, 5.74) is 5.54. The summed E-state index contributed by atoms with van der Waals surface area (Å²) < 4.78 is 0.888. The molecule has 1 unspecified atom stereocenters. The zero-order valence-electron chi connectivity index (χ0n) is 9.24. The number of aromatic nitrogens is 1.